The van der Waals surface area contributed by atoms with Gasteiger partial charge in [-0.15, -0.1) is 5.10 Å². The monoisotopic (exact) mass is 653 g/mol. The number of benzene rings is 1. The van der Waals surface area contributed by atoms with Gasteiger partial charge < -0.3 is 19.4 Å². The van der Waals surface area contributed by atoms with Crippen LogP contribution in [0.4, 0.5) is 10.2 Å². The van der Waals surface area contributed by atoms with E-state index >= 15 is 0 Å². The van der Waals surface area contributed by atoms with Gasteiger partial charge >= 0.3 is 0 Å². The molecule has 0 saturated carbocycles. The number of hydrogen-bond donors (Lipinski definition) is 1. The fourth-order valence-electron chi connectivity index (χ4n) is 4.47. The molecule has 1 fully saturated rings. The number of nitrogens with one attached hydrogen (secondary N) is 1. The van der Waals surface area contributed by atoms with Crippen LogP contribution in [0.15, 0.2) is 24.3 Å². The molecule has 1 saturated heterocycles. The molecule has 38 heavy (non-hydrogen) atoms. The van der Waals surface area contributed by atoms with Crippen molar-refractivity contribution in [1.29, 1.82) is 0 Å². The molecule has 0 aliphatic carbocycles. The number of anilines is 1. The topological polar surface area (TPSA) is 63.9 Å². The van der Waals surface area contributed by atoms with Crippen LogP contribution >= 0.6 is 22.6 Å². The van der Waals surface area contributed by atoms with Gasteiger partial charge in [-0.3, -0.25) is 0 Å². The number of halogens is 2. The zero-order chi connectivity index (χ0) is 27.5. The van der Waals surface area contributed by atoms with Gasteiger partial charge in [0.1, 0.15) is 5.82 Å². The van der Waals surface area contributed by atoms with E-state index in [1.807, 2.05) is 17.5 Å². The molecule has 0 bridgehead atoms. The predicted octanol–water partition coefficient (Wildman–Crippen LogP) is 5.57. The predicted molar refractivity (Wildman–Crippen MR) is 162 cm³/mol. The van der Waals surface area contributed by atoms with E-state index in [0.717, 1.165) is 57.2 Å². The van der Waals surface area contributed by atoms with E-state index in [9.17, 15) is 4.39 Å². The summed E-state index contributed by atoms with van der Waals surface area (Å²) in [5.41, 5.74) is 4.49. The number of rotatable bonds is 10. The standard InChI is InChI=1S/C28H41FIN5O2Si/c1-7-21-20(9-8-10-22(21)29)17-25-24(19-31-11-14-37-38(5,6)28(2,3)4)32-27-23(30)18-26(33-35(25)27)34-12-15-36-16-13-34/h8-10,18,31H,7,11-17,19H2,1-6H3. The van der Waals surface area contributed by atoms with Gasteiger partial charge in [0.15, 0.2) is 19.8 Å². The minimum atomic E-state index is -1.79. The van der Waals surface area contributed by atoms with Gasteiger partial charge in [0.2, 0.25) is 0 Å². The van der Waals surface area contributed by atoms with Crippen molar-refractivity contribution < 1.29 is 13.6 Å². The van der Waals surface area contributed by atoms with Gasteiger partial charge in [-0.2, -0.15) is 0 Å². The summed E-state index contributed by atoms with van der Waals surface area (Å²) >= 11 is 2.35. The molecule has 3 aromatic rings. The average Bonchev–Trinajstić information content (AvgIpc) is 3.21. The fraction of sp³-hybridized carbons (Fsp3) is 0.571. The SMILES string of the molecule is CCc1c(F)cccc1Cc1c(CNCCO[Si](C)(C)C(C)(C)C)nc2c(I)cc(N3CCOCC3)nn12. The van der Waals surface area contributed by atoms with Gasteiger partial charge in [0.05, 0.1) is 28.2 Å². The molecule has 2 aromatic heterocycles. The lowest BCUT2D eigenvalue weighted by Crippen LogP contribution is -2.42. The number of aromatic nitrogens is 3. The Morgan fingerprint density at radius 3 is 2.63 bits per heavy atom. The van der Waals surface area contributed by atoms with E-state index in [0.29, 0.717) is 39.2 Å². The maximum absolute atomic E-state index is 14.7. The Bertz CT molecular complexity index is 1250. The third-order valence-electron chi connectivity index (χ3n) is 7.80. The van der Waals surface area contributed by atoms with Crippen molar-refractivity contribution in [2.45, 2.75) is 65.2 Å². The first kappa shape index (κ1) is 29.4. The molecule has 4 rings (SSSR count). The summed E-state index contributed by atoms with van der Waals surface area (Å²) in [4.78, 5) is 7.27. The van der Waals surface area contributed by atoms with E-state index in [1.165, 1.54) is 0 Å². The average molecular weight is 654 g/mol. The van der Waals surface area contributed by atoms with Crippen molar-refractivity contribution >= 4 is 42.4 Å². The van der Waals surface area contributed by atoms with Gasteiger partial charge in [0, 0.05) is 39.2 Å². The lowest BCUT2D eigenvalue weighted by Gasteiger charge is -2.36. The first-order chi connectivity index (χ1) is 18.0. The van der Waals surface area contributed by atoms with Crippen LogP contribution in [0.1, 0.15) is 50.2 Å². The third kappa shape index (κ3) is 6.57. The summed E-state index contributed by atoms with van der Waals surface area (Å²) in [6.45, 7) is 18.3. The minimum absolute atomic E-state index is 0.155. The summed E-state index contributed by atoms with van der Waals surface area (Å²) in [5, 5.41) is 8.76. The Hall–Kier alpha value is -1.60. The molecule has 0 spiro atoms. The molecule has 0 amide bonds. The second kappa shape index (κ2) is 12.3. The Balaban J connectivity index is 1.63. The second-order valence-electron chi connectivity index (χ2n) is 11.4. The number of ether oxygens (including phenoxy) is 1. The Kier molecular flexibility index (Phi) is 9.50. The Labute approximate surface area is 240 Å². The van der Waals surface area contributed by atoms with Gasteiger partial charge in [-0.05, 0) is 70.4 Å². The molecule has 3 heterocycles. The van der Waals surface area contributed by atoms with Crippen LogP contribution in [0, 0.1) is 9.39 Å². The number of hydrogen-bond acceptors (Lipinski definition) is 6. The summed E-state index contributed by atoms with van der Waals surface area (Å²) in [5.74, 6) is 0.763. The number of nitrogens with zero attached hydrogens (tertiary/aromatic N) is 4. The first-order valence-electron chi connectivity index (χ1n) is 13.5. The first-order valence-corrected chi connectivity index (χ1v) is 17.5. The van der Waals surface area contributed by atoms with Crippen LogP contribution in [0.2, 0.25) is 18.1 Å². The van der Waals surface area contributed by atoms with E-state index in [2.05, 4.69) is 72.7 Å². The molecule has 10 heteroatoms. The van der Waals surface area contributed by atoms with Crippen molar-refractivity contribution in [1.82, 2.24) is 19.9 Å². The molecular formula is C28H41FIN5O2Si. The van der Waals surface area contributed by atoms with Crippen LogP contribution in [0.3, 0.4) is 0 Å². The van der Waals surface area contributed by atoms with E-state index in [-0.39, 0.29) is 10.9 Å². The van der Waals surface area contributed by atoms with Gasteiger partial charge in [0.25, 0.3) is 0 Å². The molecule has 1 aliphatic heterocycles. The van der Waals surface area contributed by atoms with Gasteiger partial charge in [-0.25, -0.2) is 13.9 Å². The molecule has 0 atom stereocenters. The van der Waals surface area contributed by atoms with E-state index < -0.39 is 8.32 Å². The lowest BCUT2D eigenvalue weighted by molar-refractivity contribution is 0.122. The molecule has 1 aliphatic rings. The Morgan fingerprint density at radius 1 is 1.21 bits per heavy atom. The van der Waals surface area contributed by atoms with Crippen molar-refractivity contribution in [3.63, 3.8) is 0 Å². The minimum Gasteiger partial charge on any atom is -0.416 e. The largest absolute Gasteiger partial charge is 0.416 e. The van der Waals surface area contributed by atoms with E-state index in [4.69, 9.17) is 19.2 Å². The van der Waals surface area contributed by atoms with Crippen molar-refractivity contribution in [3.05, 3.63) is 56.2 Å². The van der Waals surface area contributed by atoms with Crippen LogP contribution < -0.4 is 10.2 Å². The number of fused-ring (bicyclic) bond motifs is 1. The maximum atomic E-state index is 14.7. The lowest BCUT2D eigenvalue weighted by atomic mass is 9.99. The summed E-state index contributed by atoms with van der Waals surface area (Å²) in [6.07, 6.45) is 1.20. The van der Waals surface area contributed by atoms with Gasteiger partial charge in [-0.1, -0.05) is 39.8 Å². The van der Waals surface area contributed by atoms with Crippen LogP contribution in [0.25, 0.3) is 5.65 Å². The third-order valence-corrected chi connectivity index (χ3v) is 13.1. The molecule has 208 valence electrons. The second-order valence-corrected chi connectivity index (χ2v) is 17.4. The number of morpholine rings is 1. The molecular weight excluding hydrogens is 612 g/mol. The highest BCUT2D eigenvalue weighted by atomic mass is 127. The molecule has 0 radical (unpaired) electrons. The summed E-state index contributed by atoms with van der Waals surface area (Å²) in [7, 11) is -1.79. The van der Waals surface area contributed by atoms with Crippen LogP contribution in [-0.2, 0) is 28.5 Å². The molecule has 0 unspecified atom stereocenters. The van der Waals surface area contributed by atoms with Crippen molar-refractivity contribution in [2.24, 2.45) is 0 Å². The zero-order valence-electron chi connectivity index (χ0n) is 23.5. The van der Waals surface area contributed by atoms with Crippen LogP contribution in [-0.4, -0.2) is 62.4 Å². The zero-order valence-corrected chi connectivity index (χ0v) is 26.7. The molecule has 7 nitrogen and oxygen atoms in total. The smallest absolute Gasteiger partial charge is 0.192 e. The highest BCUT2D eigenvalue weighted by Gasteiger charge is 2.36. The van der Waals surface area contributed by atoms with Crippen LogP contribution in [0.5, 0.6) is 0 Å². The molecule has 1 aromatic carbocycles. The fourth-order valence-corrected chi connectivity index (χ4v) is 6.15. The van der Waals surface area contributed by atoms with Crippen molar-refractivity contribution in [3.8, 4) is 0 Å². The molecule has 1 N–H and O–H groups in total. The quantitative estimate of drug-likeness (QED) is 0.175. The highest BCUT2D eigenvalue weighted by molar-refractivity contribution is 14.1. The summed E-state index contributed by atoms with van der Waals surface area (Å²) in [6, 6.07) is 7.45. The summed E-state index contributed by atoms with van der Waals surface area (Å²) < 4.78 is 29.6. The maximum Gasteiger partial charge on any atom is 0.192 e. The highest BCUT2D eigenvalue weighted by Crippen LogP contribution is 2.36. The number of imidazole rings is 1. The van der Waals surface area contributed by atoms with Crippen molar-refractivity contribution in [2.75, 3.05) is 44.4 Å². The van der Waals surface area contributed by atoms with E-state index in [1.54, 1.807) is 12.1 Å². The Morgan fingerprint density at radius 2 is 1.95 bits per heavy atom. The normalized spacial score (nSPS) is 15.0.